The summed E-state index contributed by atoms with van der Waals surface area (Å²) in [5, 5.41) is 2.75. The van der Waals surface area contributed by atoms with Crippen LogP contribution in [0.4, 0.5) is 5.82 Å². The fourth-order valence-electron chi connectivity index (χ4n) is 0.731. The van der Waals surface area contributed by atoms with Crippen molar-refractivity contribution in [3.8, 4) is 0 Å². The van der Waals surface area contributed by atoms with Crippen LogP contribution in [0.25, 0.3) is 0 Å². The van der Waals surface area contributed by atoms with Crippen LogP contribution < -0.4 is 11.1 Å². The third-order valence-electron chi connectivity index (χ3n) is 1.26. The van der Waals surface area contributed by atoms with Gasteiger partial charge in [0.2, 0.25) is 5.28 Å². The summed E-state index contributed by atoms with van der Waals surface area (Å²) in [6.45, 7) is 0. The molecule has 0 saturated heterocycles. The number of nitrogens with two attached hydrogens (primary N) is 1. The van der Waals surface area contributed by atoms with E-state index in [1.54, 1.807) is 7.05 Å². The first kappa shape index (κ1) is 8.73. The standard InChI is InChI=1S/C6H7ClN4O/c1-9-5-3(4(8)12)2-10-6(7)11-5/h2H,1H3,(H2,8,12)(H,9,10,11). The van der Waals surface area contributed by atoms with E-state index in [-0.39, 0.29) is 10.8 Å². The number of rotatable bonds is 2. The molecule has 0 atom stereocenters. The van der Waals surface area contributed by atoms with E-state index in [1.165, 1.54) is 6.20 Å². The highest BCUT2D eigenvalue weighted by Gasteiger charge is 2.08. The molecule has 0 bridgehead atoms. The van der Waals surface area contributed by atoms with Gasteiger partial charge in [0.05, 0.1) is 5.56 Å². The van der Waals surface area contributed by atoms with E-state index in [0.717, 1.165) is 0 Å². The van der Waals surface area contributed by atoms with Crippen molar-refractivity contribution in [2.45, 2.75) is 0 Å². The minimum Gasteiger partial charge on any atom is -0.372 e. The number of aromatic nitrogens is 2. The summed E-state index contributed by atoms with van der Waals surface area (Å²) in [6.07, 6.45) is 1.28. The first-order valence-electron chi connectivity index (χ1n) is 3.15. The molecular formula is C6H7ClN4O. The summed E-state index contributed by atoms with van der Waals surface area (Å²) >= 11 is 5.49. The smallest absolute Gasteiger partial charge is 0.254 e. The average Bonchev–Trinajstić information content (AvgIpc) is 2.03. The predicted molar refractivity (Wildman–Crippen MR) is 45.1 cm³/mol. The van der Waals surface area contributed by atoms with Crippen LogP contribution in [0.15, 0.2) is 6.20 Å². The Kier molecular flexibility index (Phi) is 2.44. The third-order valence-corrected chi connectivity index (χ3v) is 1.44. The number of anilines is 1. The first-order chi connectivity index (χ1) is 5.65. The molecule has 6 heteroatoms. The van der Waals surface area contributed by atoms with Crippen molar-refractivity contribution in [3.63, 3.8) is 0 Å². The summed E-state index contributed by atoms with van der Waals surface area (Å²) in [5.74, 6) is -0.251. The van der Waals surface area contributed by atoms with Crippen molar-refractivity contribution < 1.29 is 4.79 Å². The van der Waals surface area contributed by atoms with E-state index in [4.69, 9.17) is 17.3 Å². The molecule has 12 heavy (non-hydrogen) atoms. The lowest BCUT2D eigenvalue weighted by Crippen LogP contribution is -2.14. The van der Waals surface area contributed by atoms with Gasteiger partial charge >= 0.3 is 0 Å². The molecule has 1 rings (SSSR count). The topological polar surface area (TPSA) is 80.9 Å². The second-order valence-electron chi connectivity index (χ2n) is 2.02. The van der Waals surface area contributed by atoms with Crippen LogP contribution in [0.1, 0.15) is 10.4 Å². The van der Waals surface area contributed by atoms with Crippen molar-refractivity contribution >= 4 is 23.3 Å². The van der Waals surface area contributed by atoms with Gasteiger partial charge in [-0.2, -0.15) is 4.98 Å². The number of carbonyl (C=O) groups excluding carboxylic acids is 1. The lowest BCUT2D eigenvalue weighted by atomic mass is 10.3. The molecule has 0 aliphatic carbocycles. The molecule has 1 amide bonds. The average molecular weight is 187 g/mol. The van der Waals surface area contributed by atoms with Crippen LogP contribution in [0, 0.1) is 0 Å². The first-order valence-corrected chi connectivity index (χ1v) is 3.53. The number of nitrogens with zero attached hydrogens (tertiary/aromatic N) is 2. The van der Waals surface area contributed by atoms with Gasteiger partial charge in [0.25, 0.3) is 5.91 Å². The van der Waals surface area contributed by atoms with Crippen molar-refractivity contribution in [3.05, 3.63) is 17.0 Å². The molecule has 1 heterocycles. The van der Waals surface area contributed by atoms with Gasteiger partial charge in [-0.25, -0.2) is 4.98 Å². The van der Waals surface area contributed by atoms with Crippen molar-refractivity contribution in [1.29, 1.82) is 0 Å². The fraction of sp³-hybridized carbons (Fsp3) is 0.167. The summed E-state index contributed by atoms with van der Waals surface area (Å²) in [4.78, 5) is 18.1. The van der Waals surface area contributed by atoms with Gasteiger partial charge in [-0.05, 0) is 11.6 Å². The van der Waals surface area contributed by atoms with Crippen LogP contribution in [0.3, 0.4) is 0 Å². The third kappa shape index (κ3) is 1.62. The molecule has 3 N–H and O–H groups in total. The second-order valence-corrected chi connectivity index (χ2v) is 2.35. The van der Waals surface area contributed by atoms with Gasteiger partial charge in [0, 0.05) is 13.2 Å². The number of primary amides is 1. The molecule has 0 saturated carbocycles. The number of hydrogen-bond acceptors (Lipinski definition) is 4. The zero-order chi connectivity index (χ0) is 9.14. The number of hydrogen-bond donors (Lipinski definition) is 2. The largest absolute Gasteiger partial charge is 0.372 e. The monoisotopic (exact) mass is 186 g/mol. The Morgan fingerprint density at radius 3 is 2.92 bits per heavy atom. The summed E-state index contributed by atoms with van der Waals surface area (Å²) < 4.78 is 0. The molecule has 0 unspecified atom stereocenters. The van der Waals surface area contributed by atoms with Gasteiger partial charge in [-0.1, -0.05) is 0 Å². The number of carbonyl (C=O) groups is 1. The maximum Gasteiger partial charge on any atom is 0.254 e. The van der Waals surface area contributed by atoms with Gasteiger partial charge in [-0.3, -0.25) is 4.79 Å². The Hall–Kier alpha value is -1.36. The Bertz CT molecular complexity index is 314. The molecule has 0 radical (unpaired) electrons. The highest BCUT2D eigenvalue weighted by atomic mass is 35.5. The highest BCUT2D eigenvalue weighted by Crippen LogP contribution is 2.11. The number of amides is 1. The zero-order valence-corrected chi connectivity index (χ0v) is 7.09. The van der Waals surface area contributed by atoms with E-state index in [0.29, 0.717) is 5.82 Å². The minimum absolute atomic E-state index is 0.0735. The lowest BCUT2D eigenvalue weighted by molar-refractivity contribution is 0.100. The van der Waals surface area contributed by atoms with E-state index >= 15 is 0 Å². The van der Waals surface area contributed by atoms with Crippen LogP contribution >= 0.6 is 11.6 Å². The second kappa shape index (κ2) is 3.36. The van der Waals surface area contributed by atoms with Gasteiger partial charge in [0.15, 0.2) is 0 Å². The van der Waals surface area contributed by atoms with Crippen LogP contribution in [-0.4, -0.2) is 22.9 Å². The van der Waals surface area contributed by atoms with Crippen LogP contribution in [0.5, 0.6) is 0 Å². The fourth-order valence-corrected chi connectivity index (χ4v) is 0.865. The normalized spacial score (nSPS) is 9.50. The SMILES string of the molecule is CNc1nc(Cl)ncc1C(N)=O. The Morgan fingerprint density at radius 2 is 2.42 bits per heavy atom. The Labute approximate surface area is 74.0 Å². The Morgan fingerprint density at radius 1 is 1.75 bits per heavy atom. The van der Waals surface area contributed by atoms with Crippen molar-refractivity contribution in [2.75, 3.05) is 12.4 Å². The summed E-state index contributed by atoms with van der Waals surface area (Å²) in [6, 6.07) is 0. The van der Waals surface area contributed by atoms with E-state index < -0.39 is 5.91 Å². The Balaban J connectivity index is 3.20. The minimum atomic E-state index is -0.587. The molecule has 0 aromatic carbocycles. The molecule has 1 aromatic rings. The summed E-state index contributed by atoms with van der Waals surface area (Å²) in [7, 11) is 1.62. The molecule has 1 aromatic heterocycles. The maximum atomic E-state index is 10.8. The molecule has 0 spiro atoms. The zero-order valence-electron chi connectivity index (χ0n) is 6.34. The van der Waals surface area contributed by atoms with Gasteiger partial charge < -0.3 is 11.1 Å². The molecule has 5 nitrogen and oxygen atoms in total. The van der Waals surface area contributed by atoms with Crippen molar-refractivity contribution in [1.82, 2.24) is 9.97 Å². The number of nitrogens with one attached hydrogen (secondary N) is 1. The maximum absolute atomic E-state index is 10.8. The summed E-state index contributed by atoms with van der Waals surface area (Å²) in [5.41, 5.74) is 5.26. The molecule has 0 aliphatic rings. The van der Waals surface area contributed by atoms with E-state index in [9.17, 15) is 4.79 Å². The predicted octanol–water partition coefficient (Wildman–Crippen LogP) is 0.271. The van der Waals surface area contributed by atoms with E-state index in [1.807, 2.05) is 0 Å². The lowest BCUT2D eigenvalue weighted by Gasteiger charge is -2.02. The van der Waals surface area contributed by atoms with E-state index in [2.05, 4.69) is 15.3 Å². The quantitative estimate of drug-likeness (QED) is 0.650. The van der Waals surface area contributed by atoms with Crippen LogP contribution in [-0.2, 0) is 0 Å². The number of halogens is 1. The molecule has 64 valence electrons. The van der Waals surface area contributed by atoms with Gasteiger partial charge in [-0.15, -0.1) is 0 Å². The van der Waals surface area contributed by atoms with Crippen molar-refractivity contribution in [2.24, 2.45) is 5.73 Å². The molecular weight excluding hydrogens is 180 g/mol. The highest BCUT2D eigenvalue weighted by molar-refractivity contribution is 6.28. The molecule has 0 fully saturated rings. The van der Waals surface area contributed by atoms with Crippen LogP contribution in [0.2, 0.25) is 5.28 Å². The van der Waals surface area contributed by atoms with Gasteiger partial charge in [0.1, 0.15) is 5.82 Å². The molecule has 0 aliphatic heterocycles.